The van der Waals surface area contributed by atoms with Crippen molar-refractivity contribution in [2.75, 3.05) is 20.8 Å². The van der Waals surface area contributed by atoms with Gasteiger partial charge < -0.3 is 15.2 Å². The number of hydrogen-bond acceptors (Lipinski definition) is 5. The average molecular weight is 378 g/mol. The van der Waals surface area contributed by atoms with Crippen molar-refractivity contribution >= 4 is 10.0 Å². The van der Waals surface area contributed by atoms with E-state index in [0.717, 1.165) is 5.56 Å². The van der Waals surface area contributed by atoms with Crippen molar-refractivity contribution in [3.8, 4) is 11.5 Å². The van der Waals surface area contributed by atoms with Crippen LogP contribution in [0.5, 0.6) is 11.5 Å². The first-order valence-electron chi connectivity index (χ1n) is 8.36. The SMILES string of the molecule is COc1cccc(OC)c1S(=O)(=O)NCC(N)c1ccc(C(C)C)cc1. The Morgan fingerprint density at radius 1 is 0.962 bits per heavy atom. The zero-order chi connectivity index (χ0) is 19.3. The van der Waals surface area contributed by atoms with Crippen molar-refractivity contribution in [2.24, 2.45) is 5.73 Å². The minimum atomic E-state index is -3.85. The molecule has 1 unspecified atom stereocenters. The monoisotopic (exact) mass is 378 g/mol. The molecule has 2 aromatic carbocycles. The van der Waals surface area contributed by atoms with E-state index in [0.29, 0.717) is 5.92 Å². The highest BCUT2D eigenvalue weighted by atomic mass is 32.2. The summed E-state index contributed by atoms with van der Waals surface area (Å²) in [7, 11) is -1.03. The van der Waals surface area contributed by atoms with Crippen molar-refractivity contribution in [3.63, 3.8) is 0 Å². The van der Waals surface area contributed by atoms with Crippen LogP contribution < -0.4 is 19.9 Å². The molecule has 0 aliphatic heterocycles. The highest BCUT2D eigenvalue weighted by molar-refractivity contribution is 7.89. The van der Waals surface area contributed by atoms with Gasteiger partial charge in [-0.15, -0.1) is 0 Å². The fraction of sp³-hybridized carbons (Fsp3) is 0.368. The number of rotatable bonds is 8. The molecule has 2 rings (SSSR count). The van der Waals surface area contributed by atoms with Gasteiger partial charge >= 0.3 is 0 Å². The summed E-state index contributed by atoms with van der Waals surface area (Å²) in [6.07, 6.45) is 0. The van der Waals surface area contributed by atoms with Crippen LogP contribution in [0.25, 0.3) is 0 Å². The Bertz CT molecular complexity index is 811. The zero-order valence-electron chi connectivity index (χ0n) is 15.5. The highest BCUT2D eigenvalue weighted by Gasteiger charge is 2.25. The van der Waals surface area contributed by atoms with Crippen LogP contribution >= 0.6 is 0 Å². The Morgan fingerprint density at radius 2 is 1.46 bits per heavy atom. The van der Waals surface area contributed by atoms with Gasteiger partial charge in [-0.1, -0.05) is 44.2 Å². The number of nitrogens with two attached hydrogens (primary N) is 1. The number of nitrogens with one attached hydrogen (secondary N) is 1. The third kappa shape index (κ3) is 4.55. The predicted octanol–water partition coefficient (Wildman–Crippen LogP) is 2.81. The van der Waals surface area contributed by atoms with E-state index in [4.69, 9.17) is 15.2 Å². The van der Waals surface area contributed by atoms with Gasteiger partial charge in [0.15, 0.2) is 4.90 Å². The molecule has 0 saturated carbocycles. The fourth-order valence-electron chi connectivity index (χ4n) is 2.60. The van der Waals surface area contributed by atoms with Crippen molar-refractivity contribution in [1.29, 1.82) is 0 Å². The van der Waals surface area contributed by atoms with Crippen molar-refractivity contribution < 1.29 is 17.9 Å². The van der Waals surface area contributed by atoms with Gasteiger partial charge in [0.05, 0.1) is 14.2 Å². The molecule has 6 nitrogen and oxygen atoms in total. The highest BCUT2D eigenvalue weighted by Crippen LogP contribution is 2.32. The summed E-state index contributed by atoms with van der Waals surface area (Å²) in [6.45, 7) is 4.29. The summed E-state index contributed by atoms with van der Waals surface area (Å²) in [4.78, 5) is -0.0349. The van der Waals surface area contributed by atoms with E-state index in [9.17, 15) is 8.42 Å². The molecule has 0 saturated heterocycles. The first-order valence-corrected chi connectivity index (χ1v) is 9.84. The number of ether oxygens (including phenoxy) is 2. The van der Waals surface area contributed by atoms with Crippen molar-refractivity contribution in [3.05, 3.63) is 53.6 Å². The summed E-state index contributed by atoms with van der Waals surface area (Å²) in [6, 6.07) is 12.2. The van der Waals surface area contributed by atoms with E-state index in [1.807, 2.05) is 24.3 Å². The van der Waals surface area contributed by atoms with Crippen LogP contribution in [0.4, 0.5) is 0 Å². The Hall–Kier alpha value is -2.09. The molecular weight excluding hydrogens is 352 g/mol. The summed E-state index contributed by atoms with van der Waals surface area (Å²) >= 11 is 0. The lowest BCUT2D eigenvalue weighted by Crippen LogP contribution is -2.32. The topological polar surface area (TPSA) is 90.6 Å². The molecular formula is C19H26N2O4S. The number of hydrogen-bond donors (Lipinski definition) is 2. The van der Waals surface area contributed by atoms with Gasteiger partial charge in [-0.05, 0) is 29.2 Å². The van der Waals surface area contributed by atoms with Crippen molar-refractivity contribution in [2.45, 2.75) is 30.7 Å². The average Bonchev–Trinajstić information content (AvgIpc) is 2.65. The maximum absolute atomic E-state index is 12.7. The van der Waals surface area contributed by atoms with E-state index in [1.165, 1.54) is 19.8 Å². The molecule has 0 aromatic heterocycles. The second-order valence-electron chi connectivity index (χ2n) is 6.27. The van der Waals surface area contributed by atoms with Crippen LogP contribution in [0, 0.1) is 0 Å². The number of sulfonamides is 1. The largest absolute Gasteiger partial charge is 0.495 e. The van der Waals surface area contributed by atoms with E-state index in [2.05, 4.69) is 18.6 Å². The van der Waals surface area contributed by atoms with Gasteiger partial charge in [-0.2, -0.15) is 0 Å². The van der Waals surface area contributed by atoms with E-state index in [1.54, 1.807) is 18.2 Å². The molecule has 0 spiro atoms. The maximum Gasteiger partial charge on any atom is 0.248 e. The van der Waals surface area contributed by atoms with Crippen LogP contribution in [0.3, 0.4) is 0 Å². The van der Waals surface area contributed by atoms with Gasteiger partial charge in [0.1, 0.15) is 11.5 Å². The normalized spacial score (nSPS) is 12.8. The smallest absolute Gasteiger partial charge is 0.248 e. The molecule has 0 heterocycles. The lowest BCUT2D eigenvalue weighted by atomic mass is 9.99. The Morgan fingerprint density at radius 3 is 1.92 bits per heavy atom. The molecule has 1 atom stereocenters. The van der Waals surface area contributed by atoms with Crippen LogP contribution in [0.15, 0.2) is 47.4 Å². The molecule has 7 heteroatoms. The molecule has 2 aromatic rings. The molecule has 0 aliphatic carbocycles. The molecule has 0 aliphatic rings. The second-order valence-corrected chi connectivity index (χ2v) is 7.98. The summed E-state index contributed by atoms with van der Waals surface area (Å²) in [5.74, 6) is 0.857. The third-order valence-electron chi connectivity index (χ3n) is 4.18. The molecule has 3 N–H and O–H groups in total. The fourth-order valence-corrected chi connectivity index (χ4v) is 3.98. The lowest BCUT2D eigenvalue weighted by molar-refractivity contribution is 0.372. The summed E-state index contributed by atoms with van der Waals surface area (Å²) < 4.78 is 38.4. The minimum Gasteiger partial charge on any atom is -0.495 e. The van der Waals surface area contributed by atoms with Crippen molar-refractivity contribution in [1.82, 2.24) is 4.72 Å². The predicted molar refractivity (Wildman–Crippen MR) is 102 cm³/mol. The Balaban J connectivity index is 2.18. The second kappa shape index (κ2) is 8.53. The quantitative estimate of drug-likeness (QED) is 0.737. The van der Waals surface area contributed by atoms with E-state index >= 15 is 0 Å². The standard InChI is InChI=1S/C19H26N2O4S/c1-13(2)14-8-10-15(11-9-14)16(20)12-21-26(22,23)19-17(24-3)6-5-7-18(19)25-4/h5-11,13,16,21H,12,20H2,1-4H3. The Labute approximate surface area is 155 Å². The number of methoxy groups -OCH3 is 2. The first-order chi connectivity index (χ1) is 12.3. The molecule has 0 radical (unpaired) electrons. The van der Waals surface area contributed by atoms with Crippen LogP contribution in [-0.4, -0.2) is 29.2 Å². The van der Waals surface area contributed by atoms with Gasteiger partial charge in [-0.3, -0.25) is 0 Å². The van der Waals surface area contributed by atoms with Gasteiger partial charge in [0.2, 0.25) is 10.0 Å². The summed E-state index contributed by atoms with van der Waals surface area (Å²) in [5.41, 5.74) is 8.23. The maximum atomic E-state index is 12.7. The van der Waals surface area contributed by atoms with Gasteiger partial charge in [0.25, 0.3) is 0 Å². The van der Waals surface area contributed by atoms with Gasteiger partial charge in [-0.25, -0.2) is 13.1 Å². The molecule has 0 bridgehead atoms. The van der Waals surface area contributed by atoms with E-state index in [-0.39, 0.29) is 22.9 Å². The minimum absolute atomic E-state index is 0.0349. The van der Waals surface area contributed by atoms with Crippen LogP contribution in [-0.2, 0) is 10.0 Å². The van der Waals surface area contributed by atoms with E-state index < -0.39 is 16.1 Å². The molecule has 0 amide bonds. The lowest BCUT2D eigenvalue weighted by Gasteiger charge is -2.17. The first kappa shape index (κ1) is 20.2. The third-order valence-corrected chi connectivity index (χ3v) is 5.66. The van der Waals surface area contributed by atoms with Gasteiger partial charge in [0, 0.05) is 12.6 Å². The number of benzene rings is 2. The molecule has 26 heavy (non-hydrogen) atoms. The van der Waals surface area contributed by atoms with Crippen LogP contribution in [0.1, 0.15) is 36.9 Å². The molecule has 0 fully saturated rings. The molecule has 142 valence electrons. The van der Waals surface area contributed by atoms with Crippen LogP contribution in [0.2, 0.25) is 0 Å². The zero-order valence-corrected chi connectivity index (χ0v) is 16.3. The Kier molecular flexibility index (Phi) is 6.63. The summed E-state index contributed by atoms with van der Waals surface area (Å²) in [5, 5.41) is 0.